The number of hydrogen-bond acceptors (Lipinski definition) is 3. The lowest BCUT2D eigenvalue weighted by atomic mass is 10.0. The zero-order valence-electron chi connectivity index (χ0n) is 16.0. The monoisotopic (exact) mass is 339 g/mol. The van der Waals surface area contributed by atoms with Crippen LogP contribution in [0.3, 0.4) is 0 Å². The van der Waals surface area contributed by atoms with Crippen molar-refractivity contribution in [3.05, 3.63) is 24.3 Å². The standard InChI is InChI=1S/C16H30O2.C4H7NO/c1-4-5-6-7-8-9-10-11-12-13-14-15(2)16(17)18-3;1-3(2)4(5)6/h2,4-14H2,1,3H3;1H2,2H3,(H2,5,6). The van der Waals surface area contributed by atoms with E-state index in [0.717, 1.165) is 12.8 Å². The van der Waals surface area contributed by atoms with Crippen LogP contribution in [0.25, 0.3) is 0 Å². The third-order valence-electron chi connectivity index (χ3n) is 3.73. The van der Waals surface area contributed by atoms with Gasteiger partial charge in [0.1, 0.15) is 0 Å². The van der Waals surface area contributed by atoms with Crippen LogP contribution in [0.15, 0.2) is 24.3 Å². The molecule has 0 bridgehead atoms. The molecular weight excluding hydrogens is 302 g/mol. The highest BCUT2D eigenvalue weighted by atomic mass is 16.5. The second-order valence-corrected chi connectivity index (χ2v) is 6.17. The van der Waals surface area contributed by atoms with Crippen molar-refractivity contribution in [2.45, 2.75) is 84.5 Å². The Hall–Kier alpha value is -1.58. The summed E-state index contributed by atoms with van der Waals surface area (Å²) < 4.78 is 4.62. The maximum Gasteiger partial charge on any atom is 0.333 e. The molecule has 0 radical (unpaired) electrons. The van der Waals surface area contributed by atoms with Gasteiger partial charge in [-0.05, 0) is 19.8 Å². The average molecular weight is 340 g/mol. The van der Waals surface area contributed by atoms with E-state index >= 15 is 0 Å². The van der Waals surface area contributed by atoms with Gasteiger partial charge in [0.15, 0.2) is 0 Å². The first-order valence-corrected chi connectivity index (χ1v) is 9.08. The number of esters is 1. The van der Waals surface area contributed by atoms with Crippen LogP contribution >= 0.6 is 0 Å². The van der Waals surface area contributed by atoms with Gasteiger partial charge in [-0.3, -0.25) is 4.79 Å². The van der Waals surface area contributed by atoms with Crippen molar-refractivity contribution in [2.75, 3.05) is 7.11 Å². The van der Waals surface area contributed by atoms with Crippen molar-refractivity contribution in [1.82, 2.24) is 0 Å². The summed E-state index contributed by atoms with van der Waals surface area (Å²) in [6.45, 7) is 10.8. The van der Waals surface area contributed by atoms with Crippen molar-refractivity contribution in [3.8, 4) is 0 Å². The summed E-state index contributed by atoms with van der Waals surface area (Å²) in [6.07, 6.45) is 13.9. The number of primary amides is 1. The molecule has 140 valence electrons. The first kappa shape index (κ1) is 24.7. The average Bonchev–Trinajstić information content (AvgIpc) is 2.56. The Balaban J connectivity index is 0. The molecule has 4 heteroatoms. The molecule has 0 aliphatic heterocycles. The van der Waals surface area contributed by atoms with Gasteiger partial charge in [-0.2, -0.15) is 0 Å². The highest BCUT2D eigenvalue weighted by Crippen LogP contribution is 2.13. The van der Waals surface area contributed by atoms with Crippen molar-refractivity contribution in [2.24, 2.45) is 5.73 Å². The van der Waals surface area contributed by atoms with Crippen LogP contribution in [0.4, 0.5) is 0 Å². The van der Waals surface area contributed by atoms with Gasteiger partial charge >= 0.3 is 5.97 Å². The van der Waals surface area contributed by atoms with Gasteiger partial charge in [0.2, 0.25) is 5.91 Å². The minimum absolute atomic E-state index is 0.258. The number of hydrogen-bond donors (Lipinski definition) is 1. The summed E-state index contributed by atoms with van der Waals surface area (Å²) in [5.41, 5.74) is 5.70. The molecular formula is C20H37NO3. The van der Waals surface area contributed by atoms with Gasteiger partial charge in [0.25, 0.3) is 0 Å². The van der Waals surface area contributed by atoms with Gasteiger partial charge in [0.05, 0.1) is 7.11 Å². The summed E-state index contributed by atoms with van der Waals surface area (Å²) in [7, 11) is 1.41. The molecule has 0 aliphatic rings. The second-order valence-electron chi connectivity index (χ2n) is 6.17. The molecule has 0 unspecified atom stereocenters. The van der Waals surface area contributed by atoms with Crippen molar-refractivity contribution >= 4 is 11.9 Å². The topological polar surface area (TPSA) is 69.4 Å². The van der Waals surface area contributed by atoms with Crippen molar-refractivity contribution in [1.29, 1.82) is 0 Å². The Labute approximate surface area is 148 Å². The lowest BCUT2D eigenvalue weighted by Crippen LogP contribution is -2.10. The van der Waals surface area contributed by atoms with E-state index in [1.54, 1.807) is 6.92 Å². The van der Waals surface area contributed by atoms with E-state index in [0.29, 0.717) is 11.1 Å². The Bertz CT molecular complexity index is 363. The fourth-order valence-electron chi connectivity index (χ4n) is 2.07. The zero-order valence-corrected chi connectivity index (χ0v) is 16.0. The molecule has 0 rings (SSSR count). The van der Waals surface area contributed by atoms with E-state index in [1.807, 2.05) is 0 Å². The SMILES string of the molecule is C=C(C)C(N)=O.C=C(CCCCCCCCCCCC)C(=O)OC. The van der Waals surface area contributed by atoms with Crippen molar-refractivity contribution in [3.63, 3.8) is 0 Å². The molecule has 0 aromatic carbocycles. The number of nitrogens with two attached hydrogens (primary N) is 1. The third kappa shape index (κ3) is 18.5. The summed E-state index contributed by atoms with van der Waals surface area (Å²) in [6, 6.07) is 0. The van der Waals surface area contributed by atoms with E-state index in [-0.39, 0.29) is 5.97 Å². The maximum absolute atomic E-state index is 11.1. The van der Waals surface area contributed by atoms with E-state index in [1.165, 1.54) is 64.9 Å². The molecule has 0 spiro atoms. The zero-order chi connectivity index (χ0) is 18.8. The van der Waals surface area contributed by atoms with Crippen molar-refractivity contribution < 1.29 is 14.3 Å². The van der Waals surface area contributed by atoms with Gasteiger partial charge in [-0.15, -0.1) is 0 Å². The summed E-state index contributed by atoms with van der Waals surface area (Å²) >= 11 is 0. The normalized spacial score (nSPS) is 9.62. The second kappa shape index (κ2) is 17.8. The number of methoxy groups -OCH3 is 1. The molecule has 4 nitrogen and oxygen atoms in total. The maximum atomic E-state index is 11.1. The number of carbonyl (C=O) groups is 2. The van der Waals surface area contributed by atoms with Gasteiger partial charge in [0, 0.05) is 11.1 Å². The number of rotatable bonds is 13. The van der Waals surface area contributed by atoms with E-state index in [2.05, 4.69) is 24.8 Å². The highest BCUT2D eigenvalue weighted by Gasteiger charge is 2.05. The number of ether oxygens (including phenoxy) is 1. The summed E-state index contributed by atoms with van der Waals surface area (Å²) in [4.78, 5) is 20.9. The molecule has 0 saturated carbocycles. The Morgan fingerprint density at radius 2 is 1.25 bits per heavy atom. The minimum atomic E-state index is -0.435. The van der Waals surface area contributed by atoms with Crippen LogP contribution in [0, 0.1) is 0 Å². The molecule has 0 atom stereocenters. The van der Waals surface area contributed by atoms with Crippen LogP contribution in [-0.2, 0) is 14.3 Å². The fourth-order valence-corrected chi connectivity index (χ4v) is 2.07. The molecule has 2 N–H and O–H groups in total. The molecule has 0 heterocycles. The Morgan fingerprint density at radius 3 is 1.58 bits per heavy atom. The van der Waals surface area contributed by atoms with Crippen LogP contribution in [-0.4, -0.2) is 19.0 Å². The van der Waals surface area contributed by atoms with Gasteiger partial charge < -0.3 is 10.5 Å². The molecule has 0 aromatic heterocycles. The fraction of sp³-hybridized carbons (Fsp3) is 0.700. The smallest absolute Gasteiger partial charge is 0.333 e. The molecule has 0 aromatic rings. The van der Waals surface area contributed by atoms with Crippen LogP contribution in [0.5, 0.6) is 0 Å². The van der Waals surface area contributed by atoms with Gasteiger partial charge in [-0.1, -0.05) is 77.9 Å². The molecule has 0 saturated heterocycles. The van der Waals surface area contributed by atoms with E-state index in [4.69, 9.17) is 5.73 Å². The number of amides is 1. The van der Waals surface area contributed by atoms with Crippen LogP contribution in [0.1, 0.15) is 84.5 Å². The Kier molecular flexibility index (Phi) is 18.3. The third-order valence-corrected chi connectivity index (χ3v) is 3.73. The first-order chi connectivity index (χ1) is 11.4. The Morgan fingerprint density at radius 1 is 0.875 bits per heavy atom. The molecule has 0 fully saturated rings. The number of carbonyl (C=O) groups excluding carboxylic acids is 2. The number of unbranched alkanes of at least 4 members (excludes halogenated alkanes) is 9. The molecule has 0 aliphatic carbocycles. The van der Waals surface area contributed by atoms with Crippen LogP contribution < -0.4 is 5.73 Å². The molecule has 1 amide bonds. The lowest BCUT2D eigenvalue weighted by Gasteiger charge is -2.04. The lowest BCUT2D eigenvalue weighted by molar-refractivity contribution is -0.136. The van der Waals surface area contributed by atoms with Gasteiger partial charge in [-0.25, -0.2) is 4.79 Å². The predicted molar refractivity (Wildman–Crippen MR) is 102 cm³/mol. The summed E-state index contributed by atoms with van der Waals surface area (Å²) in [5, 5.41) is 0. The highest BCUT2D eigenvalue weighted by molar-refractivity contribution is 5.90. The minimum Gasteiger partial charge on any atom is -0.466 e. The predicted octanol–water partition coefficient (Wildman–Crippen LogP) is 5.07. The summed E-state index contributed by atoms with van der Waals surface area (Å²) in [5.74, 6) is -0.694. The van der Waals surface area contributed by atoms with E-state index < -0.39 is 5.91 Å². The first-order valence-electron chi connectivity index (χ1n) is 9.08. The van der Waals surface area contributed by atoms with E-state index in [9.17, 15) is 9.59 Å². The van der Waals surface area contributed by atoms with Crippen LogP contribution in [0.2, 0.25) is 0 Å². The quantitative estimate of drug-likeness (QED) is 0.289. The largest absolute Gasteiger partial charge is 0.466 e. The molecule has 24 heavy (non-hydrogen) atoms.